The van der Waals surface area contributed by atoms with Crippen molar-refractivity contribution in [2.24, 2.45) is 23.2 Å². The summed E-state index contributed by atoms with van der Waals surface area (Å²) >= 11 is 0. The zero-order chi connectivity index (χ0) is 47.1. The Balaban J connectivity index is 0.000000857. The molecule has 0 radical (unpaired) electrons. The number of methoxy groups -OCH3 is 3. The predicted molar refractivity (Wildman–Crippen MR) is 245 cm³/mol. The predicted octanol–water partition coefficient (Wildman–Crippen LogP) is 4.70. The number of nitrogens with one attached hydrogen (secondary N) is 1. The van der Waals surface area contributed by atoms with Crippen LogP contribution in [-0.4, -0.2) is 143 Å². The summed E-state index contributed by atoms with van der Waals surface area (Å²) in [6.45, 7) is 7.65. The topological polar surface area (TPSA) is 197 Å². The van der Waals surface area contributed by atoms with E-state index in [1.807, 2.05) is 31.0 Å². The molecule has 2 aliphatic carbocycles. The molecular weight excluding hydrogens is 869 g/mol. The van der Waals surface area contributed by atoms with Crippen molar-refractivity contribution in [1.29, 1.82) is 0 Å². The largest absolute Gasteiger partial charge is 0.496 e. The molecule has 2 aromatic carbocycles. The highest BCUT2D eigenvalue weighted by Crippen LogP contribution is 2.68. The Bertz CT molecular complexity index is 2560. The average Bonchev–Trinajstić information content (AvgIpc) is 3.98. The molecule has 16 nitrogen and oxygen atoms in total. The number of esters is 3. The van der Waals surface area contributed by atoms with E-state index in [4.69, 9.17) is 23.5 Å². The maximum Gasteiger partial charge on any atom is 0.397 e. The van der Waals surface area contributed by atoms with Gasteiger partial charge in [-0.1, -0.05) is 50.1 Å². The first-order valence-electron chi connectivity index (χ1n) is 23.3. The van der Waals surface area contributed by atoms with Gasteiger partial charge in [-0.15, -0.1) is 0 Å². The number of aromatic nitrogens is 1. The maximum absolute atomic E-state index is 15.5. The van der Waals surface area contributed by atoms with Crippen LogP contribution in [0, 0.1) is 23.2 Å². The van der Waals surface area contributed by atoms with Gasteiger partial charge in [0.15, 0.2) is 6.10 Å². The van der Waals surface area contributed by atoms with Crippen LogP contribution in [0.4, 0.5) is 5.69 Å². The van der Waals surface area contributed by atoms with Gasteiger partial charge in [0.05, 0.1) is 34.5 Å². The minimum absolute atomic E-state index is 0.217. The second-order valence-electron chi connectivity index (χ2n) is 19.6. The maximum atomic E-state index is 15.5. The highest BCUT2D eigenvalue weighted by atomic mass is 32.3. The molecule has 1 spiro atoms. The normalized spacial score (nSPS) is 35.3. The molecule has 10 rings (SSSR count). The van der Waals surface area contributed by atoms with Gasteiger partial charge in [-0.25, -0.2) is 4.79 Å². The highest BCUT2D eigenvalue weighted by molar-refractivity contribution is 7.80. The molecule has 3 aromatic rings. The number of hydrogen-bond acceptors (Lipinski definition) is 14. The number of ether oxygens (including phenoxy) is 4. The fourth-order valence-corrected chi connectivity index (χ4v) is 14.7. The zero-order valence-corrected chi connectivity index (χ0v) is 39.8. The van der Waals surface area contributed by atoms with Crippen LogP contribution in [0.5, 0.6) is 5.75 Å². The number of nitrogens with zero attached hydrogens (tertiary/aromatic N) is 3. The van der Waals surface area contributed by atoms with E-state index in [0.717, 1.165) is 78.6 Å². The van der Waals surface area contributed by atoms with Crippen LogP contribution in [0.25, 0.3) is 10.9 Å². The summed E-state index contributed by atoms with van der Waals surface area (Å²) < 4.78 is 53.9. The van der Waals surface area contributed by atoms with Gasteiger partial charge in [-0.3, -0.25) is 23.2 Å². The zero-order valence-electron chi connectivity index (χ0n) is 39.0. The number of carbonyl (C=O) groups excluding carboxylic acids is 3. The lowest BCUT2D eigenvalue weighted by Crippen LogP contribution is -2.81. The average molecular weight is 933 g/mol. The Morgan fingerprint density at radius 2 is 1.65 bits per heavy atom. The number of H-pyrrole nitrogens is 1. The summed E-state index contributed by atoms with van der Waals surface area (Å²) in [5.41, 5.74) is 0.0512. The molecule has 1 aromatic heterocycles. The monoisotopic (exact) mass is 932 g/mol. The van der Waals surface area contributed by atoms with Gasteiger partial charge in [-0.2, -0.15) is 8.42 Å². The van der Waals surface area contributed by atoms with Crippen LogP contribution in [0.3, 0.4) is 0 Å². The molecule has 7 unspecified atom stereocenters. The van der Waals surface area contributed by atoms with E-state index in [1.54, 1.807) is 7.11 Å². The summed E-state index contributed by atoms with van der Waals surface area (Å²) in [5, 5.41) is 14.5. The molecule has 4 fully saturated rings. The molecule has 6 heterocycles. The van der Waals surface area contributed by atoms with Gasteiger partial charge in [0.25, 0.3) is 0 Å². The van der Waals surface area contributed by atoms with Crippen molar-refractivity contribution in [2.75, 3.05) is 73.1 Å². The number of aromatic amines is 1. The van der Waals surface area contributed by atoms with Crippen LogP contribution >= 0.6 is 0 Å². The van der Waals surface area contributed by atoms with Crippen LogP contribution in [0.15, 0.2) is 48.6 Å². The van der Waals surface area contributed by atoms with Crippen LogP contribution in [-0.2, 0) is 60.4 Å². The van der Waals surface area contributed by atoms with Crippen LogP contribution in [0.2, 0.25) is 0 Å². The number of anilines is 1. The molecule has 3 N–H and O–H groups in total. The van der Waals surface area contributed by atoms with Gasteiger partial charge in [0.1, 0.15) is 11.2 Å². The molecule has 2 saturated carbocycles. The molecule has 2 saturated heterocycles. The van der Waals surface area contributed by atoms with E-state index < -0.39 is 56.3 Å². The van der Waals surface area contributed by atoms with Gasteiger partial charge >= 0.3 is 28.3 Å². The third-order valence-electron chi connectivity index (χ3n) is 17.0. The summed E-state index contributed by atoms with van der Waals surface area (Å²) in [6, 6.07) is 11.4. The lowest BCUT2D eigenvalue weighted by Gasteiger charge is -2.63. The number of hydrogen-bond donors (Lipinski definition) is 3. The summed E-state index contributed by atoms with van der Waals surface area (Å²) in [7, 11) is 3.05. The van der Waals surface area contributed by atoms with E-state index in [9.17, 15) is 23.1 Å². The molecule has 17 heteroatoms. The quantitative estimate of drug-likeness (QED) is 0.128. The number of likely N-dealkylation sites (N-methyl/N-ethyl adjacent to an activating group) is 1. The molecule has 358 valence electrons. The Kier molecular flexibility index (Phi) is 11.9. The molecule has 66 heavy (non-hydrogen) atoms. The van der Waals surface area contributed by atoms with Crippen molar-refractivity contribution in [2.45, 2.75) is 99.8 Å². The summed E-state index contributed by atoms with van der Waals surface area (Å²) in [6.07, 6.45) is 10.1. The molecule has 5 aliphatic heterocycles. The van der Waals surface area contributed by atoms with Crippen molar-refractivity contribution in [1.82, 2.24) is 14.8 Å². The Morgan fingerprint density at radius 3 is 2.33 bits per heavy atom. The first-order chi connectivity index (χ1) is 31.5. The molecular formula is C49H64N4O12S. The van der Waals surface area contributed by atoms with E-state index in [0.29, 0.717) is 49.9 Å². The smallest absolute Gasteiger partial charge is 0.397 e. The number of carbonyl (C=O) groups is 3. The fourth-order valence-electron chi connectivity index (χ4n) is 14.7. The fraction of sp³-hybridized carbons (Fsp3) is 0.612. The number of rotatable bonds is 7. The lowest BCUT2D eigenvalue weighted by molar-refractivity contribution is -0.228. The SMILES string of the molecule is CC[C@]12C=CCN3CCC4(c5cc([C@@]6(C(=O)OC)CC7CN(CCc8c6[nH]c6ccccc86)CC6CCCCC67)c(OC)cc5N(C)C4[C@](O)(C(=O)OC)C1OC(C)=O)[C@@H]32.COS(=O)(=O)O. The summed E-state index contributed by atoms with van der Waals surface area (Å²) in [4.78, 5) is 53.9. The van der Waals surface area contributed by atoms with E-state index in [1.165, 1.54) is 40.4 Å². The Morgan fingerprint density at radius 1 is 0.939 bits per heavy atom. The Hall–Kier alpha value is -4.52. The third-order valence-corrected chi connectivity index (χ3v) is 17.4. The molecule has 7 aliphatic rings. The number of benzene rings is 2. The van der Waals surface area contributed by atoms with Crippen LogP contribution < -0.4 is 9.64 Å². The number of aliphatic hydroxyl groups is 1. The van der Waals surface area contributed by atoms with Gasteiger partial charge in [-0.05, 0) is 86.1 Å². The first kappa shape index (κ1) is 46.6. The van der Waals surface area contributed by atoms with Crippen molar-refractivity contribution in [3.8, 4) is 5.75 Å². The van der Waals surface area contributed by atoms with Gasteiger partial charge in [0, 0.05) is 90.9 Å². The Labute approximate surface area is 386 Å². The first-order valence-corrected chi connectivity index (χ1v) is 24.7. The highest BCUT2D eigenvalue weighted by Gasteiger charge is 2.80. The minimum Gasteiger partial charge on any atom is -0.496 e. The van der Waals surface area contributed by atoms with Crippen molar-refractivity contribution in [3.63, 3.8) is 0 Å². The lowest BCUT2D eigenvalue weighted by atomic mass is 9.47. The third kappa shape index (κ3) is 6.68. The van der Waals surface area contributed by atoms with Crippen molar-refractivity contribution in [3.05, 3.63) is 70.9 Å². The van der Waals surface area contributed by atoms with E-state index >= 15 is 4.79 Å². The standard InChI is InChI=1S/C48H60N4O8.CH4O4S/c1-7-45-18-12-20-52-22-19-46(40(45)52)34-23-35(38(57-4)24-37(34)50(3)41(46)48(56,44(55)59-6)42(45)60-28(2)53)47(43(54)58-5)25-30-27-51(26-29-13-8-9-14-31(29)30)21-17-33-32-15-10-11-16-36(32)49-39(33)47;1-5-6(2,3)4/h10-12,15-16,18,23-24,29-31,40-42,49,56H,7-9,13-14,17,19-22,25-27H2,1-6H3;1H3,(H,2,3,4)/t29?,30?,31?,40-,41?,42?,45+,46?,47-,48+;/m0./s1. The van der Waals surface area contributed by atoms with Crippen molar-refractivity contribution < 1.29 is 55.6 Å². The molecule has 11 atom stereocenters. The number of fused-ring (bicyclic) bond motifs is 8. The second-order valence-corrected chi connectivity index (χ2v) is 20.8. The summed E-state index contributed by atoms with van der Waals surface area (Å²) in [5.74, 6) is 0.0532. The molecule has 2 bridgehead atoms. The van der Waals surface area contributed by atoms with E-state index in [-0.39, 0.29) is 17.9 Å². The minimum atomic E-state index is -4.16. The second kappa shape index (κ2) is 16.9. The van der Waals surface area contributed by atoms with Gasteiger partial charge in [0.2, 0.25) is 5.60 Å². The van der Waals surface area contributed by atoms with Crippen LogP contribution in [0.1, 0.15) is 81.2 Å². The number of para-hydroxylation sites is 1. The van der Waals surface area contributed by atoms with E-state index in [2.05, 4.69) is 55.4 Å². The van der Waals surface area contributed by atoms with Gasteiger partial charge < -0.3 is 38.8 Å². The molecule has 0 amide bonds. The van der Waals surface area contributed by atoms with Crippen molar-refractivity contribution >= 4 is 44.9 Å². The number of piperidine rings is 1.